The molecule has 0 spiro atoms. The van der Waals surface area contributed by atoms with Crippen molar-refractivity contribution in [3.63, 3.8) is 0 Å². The van der Waals surface area contributed by atoms with Crippen molar-refractivity contribution in [3.05, 3.63) is 36.2 Å². The summed E-state index contributed by atoms with van der Waals surface area (Å²) in [6.07, 6.45) is 4.88. The fourth-order valence-corrected chi connectivity index (χ4v) is 1.98. The zero-order valence-electron chi connectivity index (χ0n) is 9.16. The third-order valence-electron chi connectivity index (χ3n) is 2.69. The van der Waals surface area contributed by atoms with Crippen LogP contribution in [0.4, 0.5) is 5.69 Å². The molecule has 0 unspecified atom stereocenters. The largest absolute Gasteiger partial charge is 1.00 e. The van der Waals surface area contributed by atoms with Crippen LogP contribution in [-0.2, 0) is 0 Å². The van der Waals surface area contributed by atoms with Crippen molar-refractivity contribution >= 4 is 5.69 Å². The summed E-state index contributed by atoms with van der Waals surface area (Å²) in [5.41, 5.74) is 2.77. The first-order valence-electron chi connectivity index (χ1n) is 5.05. The molecule has 1 heterocycles. The van der Waals surface area contributed by atoms with Gasteiger partial charge in [-0.05, 0) is 12.8 Å². The van der Waals surface area contributed by atoms with Crippen molar-refractivity contribution in [2.45, 2.75) is 19.8 Å². The minimum Gasteiger partial charge on any atom is -0.423 e. The second-order valence-corrected chi connectivity index (χ2v) is 3.54. The van der Waals surface area contributed by atoms with E-state index >= 15 is 0 Å². The van der Waals surface area contributed by atoms with E-state index in [1.807, 2.05) is 0 Å². The molecule has 70 valence electrons. The first-order valence-corrected chi connectivity index (χ1v) is 5.05. The number of nitrogens with zero attached hydrogens (tertiary/aromatic N) is 1. The Labute approximate surface area is 98.7 Å². The van der Waals surface area contributed by atoms with Crippen LogP contribution in [0.15, 0.2) is 24.3 Å². The van der Waals surface area contributed by atoms with Crippen molar-refractivity contribution in [3.8, 4) is 0 Å². The summed E-state index contributed by atoms with van der Waals surface area (Å²) >= 11 is 0. The first-order chi connectivity index (χ1) is 6.42. The summed E-state index contributed by atoms with van der Waals surface area (Å²) in [5, 5.41) is 0. The third kappa shape index (κ3) is 2.29. The van der Waals surface area contributed by atoms with Crippen LogP contribution in [-0.4, -0.2) is 13.1 Å². The Bertz CT molecular complexity index is 279. The Kier molecular flexibility index (Phi) is 4.45. The maximum atomic E-state index is 2.48. The fraction of sp³-hybridized carbons (Fsp3) is 0.417. The molecule has 1 aromatic rings. The normalized spacial score (nSPS) is 15.1. The zero-order chi connectivity index (χ0) is 9.10. The van der Waals surface area contributed by atoms with E-state index in [0.717, 1.165) is 0 Å². The number of rotatable bonds is 2. The fourth-order valence-electron chi connectivity index (χ4n) is 1.98. The molecule has 0 aromatic heterocycles. The Balaban J connectivity index is 0.000000980. The van der Waals surface area contributed by atoms with Gasteiger partial charge in [-0.1, -0.05) is 24.7 Å². The summed E-state index contributed by atoms with van der Waals surface area (Å²) in [5.74, 6) is 0. The molecule has 0 atom stereocenters. The van der Waals surface area contributed by atoms with Crippen LogP contribution < -0.4 is 23.8 Å². The van der Waals surface area contributed by atoms with Gasteiger partial charge in [0.2, 0.25) is 0 Å². The monoisotopic (exact) mass is 181 g/mol. The van der Waals surface area contributed by atoms with Crippen molar-refractivity contribution in [1.29, 1.82) is 0 Å². The standard InChI is InChI=1S/C12H16N.Li/c1-2-11-7-3-4-8-12(11)13-9-5-6-10-13;/h2-4,7-8H,5-6,9-10H2,1H3;/q-1;+1. The van der Waals surface area contributed by atoms with Crippen LogP contribution in [0.1, 0.15) is 25.3 Å². The molecule has 0 amide bonds. The SMILES string of the molecule is C[CH-]c1ccccc1N1CCCC1.[Li+]. The summed E-state index contributed by atoms with van der Waals surface area (Å²) in [7, 11) is 0. The molecule has 1 aliphatic rings. The molecule has 0 saturated carbocycles. The van der Waals surface area contributed by atoms with E-state index in [-0.39, 0.29) is 18.9 Å². The first kappa shape index (κ1) is 11.6. The van der Waals surface area contributed by atoms with Gasteiger partial charge in [0.15, 0.2) is 0 Å². The van der Waals surface area contributed by atoms with Crippen molar-refractivity contribution in [1.82, 2.24) is 0 Å². The Hall–Kier alpha value is -0.513. The smallest absolute Gasteiger partial charge is 0.423 e. The molecule has 1 nitrogen and oxygen atoms in total. The predicted octanol–water partition coefficient (Wildman–Crippen LogP) is -0.137. The van der Waals surface area contributed by atoms with E-state index < -0.39 is 0 Å². The molecule has 1 fully saturated rings. The molecular formula is C12H16LiN. The molecule has 0 N–H and O–H groups in total. The minimum atomic E-state index is 0. The van der Waals surface area contributed by atoms with Crippen molar-refractivity contribution in [2.24, 2.45) is 0 Å². The van der Waals surface area contributed by atoms with Gasteiger partial charge in [-0.2, -0.15) is 18.1 Å². The summed E-state index contributed by atoms with van der Waals surface area (Å²) in [4.78, 5) is 2.48. The topological polar surface area (TPSA) is 3.24 Å². The molecule has 1 aromatic carbocycles. The van der Waals surface area contributed by atoms with Crippen molar-refractivity contribution < 1.29 is 18.9 Å². The van der Waals surface area contributed by atoms with E-state index in [9.17, 15) is 0 Å². The quantitative estimate of drug-likeness (QED) is 0.453. The van der Waals surface area contributed by atoms with Gasteiger partial charge < -0.3 is 4.90 Å². The summed E-state index contributed by atoms with van der Waals surface area (Å²) in [6.45, 7) is 4.56. The van der Waals surface area contributed by atoms with E-state index in [4.69, 9.17) is 0 Å². The Morgan fingerprint density at radius 2 is 1.79 bits per heavy atom. The number of hydrogen-bond donors (Lipinski definition) is 0. The van der Waals surface area contributed by atoms with Gasteiger partial charge in [-0.25, -0.2) is 0 Å². The summed E-state index contributed by atoms with van der Waals surface area (Å²) < 4.78 is 0. The van der Waals surface area contributed by atoms with Crippen molar-refractivity contribution in [2.75, 3.05) is 18.0 Å². The molecular weight excluding hydrogens is 165 g/mol. The van der Waals surface area contributed by atoms with E-state index in [0.29, 0.717) is 0 Å². The van der Waals surface area contributed by atoms with Gasteiger partial charge in [0.1, 0.15) is 0 Å². The van der Waals surface area contributed by atoms with Gasteiger partial charge in [-0.3, -0.25) is 0 Å². The predicted molar refractivity (Wildman–Crippen MR) is 57.0 cm³/mol. The maximum absolute atomic E-state index is 2.48. The molecule has 2 heteroatoms. The van der Waals surface area contributed by atoms with Crippen LogP contribution in [0.25, 0.3) is 0 Å². The minimum absolute atomic E-state index is 0. The van der Waals surface area contributed by atoms with Crippen LogP contribution in [0.3, 0.4) is 0 Å². The average molecular weight is 181 g/mol. The van der Waals surface area contributed by atoms with Crippen LogP contribution in [0.2, 0.25) is 0 Å². The second-order valence-electron chi connectivity index (χ2n) is 3.54. The van der Waals surface area contributed by atoms with Crippen LogP contribution in [0, 0.1) is 6.42 Å². The van der Waals surface area contributed by atoms with E-state index in [1.54, 1.807) is 0 Å². The summed E-state index contributed by atoms with van der Waals surface area (Å²) in [6, 6.07) is 8.64. The molecule has 0 radical (unpaired) electrons. The maximum Gasteiger partial charge on any atom is 1.00 e. The molecule has 14 heavy (non-hydrogen) atoms. The zero-order valence-corrected chi connectivity index (χ0v) is 9.16. The van der Waals surface area contributed by atoms with Gasteiger partial charge in [0.05, 0.1) is 0 Å². The molecule has 0 aliphatic carbocycles. The van der Waals surface area contributed by atoms with E-state index in [2.05, 4.69) is 42.5 Å². The number of para-hydroxylation sites is 1. The molecule has 1 aliphatic heterocycles. The Morgan fingerprint density at radius 3 is 2.43 bits per heavy atom. The number of benzene rings is 1. The van der Waals surface area contributed by atoms with Gasteiger partial charge in [-0.15, -0.1) is 6.07 Å². The second kappa shape index (κ2) is 5.39. The average Bonchev–Trinajstić information content (AvgIpc) is 2.70. The van der Waals surface area contributed by atoms with Gasteiger partial charge in [0.25, 0.3) is 0 Å². The van der Waals surface area contributed by atoms with Crippen LogP contribution in [0.5, 0.6) is 0 Å². The molecule has 1 saturated heterocycles. The molecule has 2 rings (SSSR count). The van der Waals surface area contributed by atoms with Crippen LogP contribution >= 0.6 is 0 Å². The molecule has 0 bridgehead atoms. The number of hydrogen-bond acceptors (Lipinski definition) is 1. The third-order valence-corrected chi connectivity index (χ3v) is 2.69. The number of anilines is 1. The van der Waals surface area contributed by atoms with E-state index in [1.165, 1.54) is 37.2 Å². The van der Waals surface area contributed by atoms with Gasteiger partial charge >= 0.3 is 18.9 Å². The Morgan fingerprint density at radius 1 is 1.14 bits per heavy atom. The van der Waals surface area contributed by atoms with Gasteiger partial charge in [0, 0.05) is 13.1 Å².